The first-order valence-corrected chi connectivity index (χ1v) is 2.09. The highest BCUT2D eigenvalue weighted by molar-refractivity contribution is 5.79. The van der Waals surface area contributed by atoms with Crippen molar-refractivity contribution in [2.24, 2.45) is 5.73 Å². The molecule has 0 amide bonds. The van der Waals surface area contributed by atoms with Gasteiger partial charge >= 0.3 is 0 Å². The maximum absolute atomic E-state index is 6.67. The Balaban J connectivity index is 2.97. The second-order valence-electron chi connectivity index (χ2n) is 1.27. The quantitative estimate of drug-likeness (QED) is 0.346. The minimum atomic E-state index is 0.156. The van der Waals surface area contributed by atoms with Crippen LogP contribution in [0.25, 0.3) is 0 Å². The van der Waals surface area contributed by atoms with Crippen LogP contribution in [0.5, 0.6) is 0 Å². The Bertz CT molecular complexity index is 77.0. The van der Waals surface area contributed by atoms with Crippen molar-refractivity contribution < 1.29 is 0 Å². The molecule has 0 fully saturated rings. The van der Waals surface area contributed by atoms with E-state index in [1.54, 1.807) is 0 Å². The summed E-state index contributed by atoms with van der Waals surface area (Å²) in [5.74, 6) is 0.156. The zero-order chi connectivity index (χ0) is 5.70. The maximum atomic E-state index is 6.67. The summed E-state index contributed by atoms with van der Waals surface area (Å²) in [7, 11) is 0. The van der Waals surface area contributed by atoms with Crippen molar-refractivity contribution in [3.8, 4) is 0 Å². The average Bonchev–Trinajstić information content (AvgIpc) is 1.61. The van der Waals surface area contributed by atoms with Crippen molar-refractivity contribution >= 4 is 12.1 Å². The molecule has 0 atom stereocenters. The van der Waals surface area contributed by atoms with E-state index in [9.17, 15) is 0 Å². The third-order valence-corrected chi connectivity index (χ3v) is 0.558. The molecule has 0 unspecified atom stereocenters. The number of amidine groups is 1. The summed E-state index contributed by atoms with van der Waals surface area (Å²) in [6.45, 7) is 0. The molecule has 4 N–H and O–H groups in total. The van der Waals surface area contributed by atoms with Gasteiger partial charge in [0.15, 0.2) is 0 Å². The predicted molar refractivity (Wildman–Crippen MR) is 29.9 cm³/mol. The fourth-order valence-corrected chi connectivity index (χ4v) is 0.228. The minimum absolute atomic E-state index is 0.156. The molecule has 0 aliphatic heterocycles. The van der Waals surface area contributed by atoms with E-state index >= 15 is 0 Å². The molecule has 40 valence electrons. The Kier molecular flexibility index (Phi) is 2.92. The third-order valence-electron chi connectivity index (χ3n) is 0.558. The molecule has 0 aromatic carbocycles. The Labute approximate surface area is 42.5 Å². The van der Waals surface area contributed by atoms with Gasteiger partial charge in [0, 0.05) is 6.42 Å². The van der Waals surface area contributed by atoms with Gasteiger partial charge in [0.2, 0.25) is 0 Å². The molecular weight excluding hydrogens is 90.1 g/mol. The Morgan fingerprint density at radius 1 is 1.71 bits per heavy atom. The van der Waals surface area contributed by atoms with E-state index in [-0.39, 0.29) is 5.84 Å². The number of rotatable bonds is 3. The molecule has 0 saturated heterocycles. The Morgan fingerprint density at radius 2 is 2.29 bits per heavy atom. The molecule has 0 saturated carbocycles. The second-order valence-corrected chi connectivity index (χ2v) is 1.27. The molecule has 7 heavy (non-hydrogen) atoms. The van der Waals surface area contributed by atoms with Crippen molar-refractivity contribution in [1.29, 1.82) is 10.8 Å². The van der Waals surface area contributed by atoms with Gasteiger partial charge in [0.1, 0.15) is 0 Å². The summed E-state index contributed by atoms with van der Waals surface area (Å²) in [5, 5.41) is 13.2. The number of hydrogen-bond acceptors (Lipinski definition) is 2. The second kappa shape index (κ2) is 3.33. The lowest BCUT2D eigenvalue weighted by Crippen LogP contribution is -2.08. The van der Waals surface area contributed by atoms with E-state index < -0.39 is 0 Å². The molecule has 3 heteroatoms. The summed E-state index contributed by atoms with van der Waals surface area (Å²) in [5.41, 5.74) is 4.96. The summed E-state index contributed by atoms with van der Waals surface area (Å²) >= 11 is 0. The predicted octanol–water partition coefficient (Wildman–Crippen LogP) is 0.352. The first-order valence-electron chi connectivity index (χ1n) is 2.09. The van der Waals surface area contributed by atoms with Crippen LogP contribution in [0, 0.1) is 10.8 Å². The lowest BCUT2D eigenvalue weighted by atomic mass is 10.3. The molecular formula is C4H9N3. The van der Waals surface area contributed by atoms with Gasteiger partial charge in [-0.2, -0.15) is 0 Å². The largest absolute Gasteiger partial charge is 0.388 e. The lowest BCUT2D eigenvalue weighted by Gasteiger charge is -1.86. The fraction of sp³-hybridized carbons (Fsp3) is 0.500. The van der Waals surface area contributed by atoms with E-state index in [1.165, 1.54) is 6.21 Å². The third kappa shape index (κ3) is 5.14. The van der Waals surface area contributed by atoms with Gasteiger partial charge in [0.25, 0.3) is 0 Å². The van der Waals surface area contributed by atoms with Crippen LogP contribution in [0.4, 0.5) is 0 Å². The van der Waals surface area contributed by atoms with E-state index in [2.05, 4.69) is 0 Å². The highest BCUT2D eigenvalue weighted by atomic mass is 14.7. The summed E-state index contributed by atoms with van der Waals surface area (Å²) in [4.78, 5) is 0. The van der Waals surface area contributed by atoms with Crippen molar-refractivity contribution in [3.63, 3.8) is 0 Å². The zero-order valence-electron chi connectivity index (χ0n) is 4.07. The monoisotopic (exact) mass is 99.1 g/mol. The molecule has 3 nitrogen and oxygen atoms in total. The molecule has 0 spiro atoms. The topological polar surface area (TPSA) is 73.7 Å². The van der Waals surface area contributed by atoms with Crippen LogP contribution in [0.3, 0.4) is 0 Å². The molecule has 0 rings (SSSR count). The maximum Gasteiger partial charge on any atom is 0.0908 e. The van der Waals surface area contributed by atoms with Gasteiger partial charge in [-0.3, -0.25) is 5.41 Å². The van der Waals surface area contributed by atoms with Crippen LogP contribution < -0.4 is 5.73 Å². The number of hydrogen-bond donors (Lipinski definition) is 3. The first-order chi connectivity index (χ1) is 3.27. The average molecular weight is 99.1 g/mol. The van der Waals surface area contributed by atoms with Gasteiger partial charge in [-0.15, -0.1) is 0 Å². The molecule has 0 aromatic heterocycles. The standard InChI is InChI=1S/C4H9N3/c5-3-1-2-4(6)7/h3,5H,1-2H2,(H3,6,7). The lowest BCUT2D eigenvalue weighted by molar-refractivity contribution is 1.12. The zero-order valence-corrected chi connectivity index (χ0v) is 4.07. The van der Waals surface area contributed by atoms with Gasteiger partial charge in [-0.05, 0) is 12.6 Å². The Morgan fingerprint density at radius 3 is 2.43 bits per heavy atom. The molecule has 0 heterocycles. The van der Waals surface area contributed by atoms with Crippen LogP contribution in [-0.2, 0) is 0 Å². The van der Waals surface area contributed by atoms with Crippen LogP contribution >= 0.6 is 0 Å². The van der Waals surface area contributed by atoms with E-state index in [1.807, 2.05) is 0 Å². The minimum Gasteiger partial charge on any atom is -0.388 e. The van der Waals surface area contributed by atoms with E-state index in [4.69, 9.17) is 16.6 Å². The molecule has 0 radical (unpaired) electrons. The van der Waals surface area contributed by atoms with Crippen molar-refractivity contribution in [1.82, 2.24) is 0 Å². The van der Waals surface area contributed by atoms with Crippen molar-refractivity contribution in [2.75, 3.05) is 0 Å². The molecule has 0 aromatic rings. The number of nitrogens with one attached hydrogen (secondary N) is 2. The van der Waals surface area contributed by atoms with Crippen LogP contribution in [0.15, 0.2) is 0 Å². The highest BCUT2D eigenvalue weighted by Crippen LogP contribution is 1.79. The fourth-order valence-electron chi connectivity index (χ4n) is 0.228. The van der Waals surface area contributed by atoms with Crippen LogP contribution in [0.2, 0.25) is 0 Å². The van der Waals surface area contributed by atoms with Gasteiger partial charge < -0.3 is 11.1 Å². The Hall–Kier alpha value is -0.860. The molecule has 0 bridgehead atoms. The number of nitrogens with two attached hydrogens (primary N) is 1. The van der Waals surface area contributed by atoms with E-state index in [0.717, 1.165) is 0 Å². The molecule has 0 aliphatic rings. The first kappa shape index (κ1) is 6.14. The van der Waals surface area contributed by atoms with Crippen molar-refractivity contribution in [3.05, 3.63) is 0 Å². The summed E-state index contributed by atoms with van der Waals surface area (Å²) in [6.07, 6.45) is 2.36. The van der Waals surface area contributed by atoms with Gasteiger partial charge in [-0.25, -0.2) is 0 Å². The van der Waals surface area contributed by atoms with Crippen LogP contribution in [0.1, 0.15) is 12.8 Å². The van der Waals surface area contributed by atoms with Gasteiger partial charge in [0.05, 0.1) is 5.84 Å². The normalized spacial score (nSPS) is 8.00. The summed E-state index contributed by atoms with van der Waals surface area (Å²) < 4.78 is 0. The smallest absolute Gasteiger partial charge is 0.0908 e. The summed E-state index contributed by atoms with van der Waals surface area (Å²) in [6, 6.07) is 0. The van der Waals surface area contributed by atoms with Crippen molar-refractivity contribution in [2.45, 2.75) is 12.8 Å². The SMILES string of the molecule is N=CCCC(=N)N. The highest BCUT2D eigenvalue weighted by Gasteiger charge is 1.82. The van der Waals surface area contributed by atoms with Crippen LogP contribution in [-0.4, -0.2) is 12.1 Å². The van der Waals surface area contributed by atoms with E-state index in [0.29, 0.717) is 12.8 Å². The van der Waals surface area contributed by atoms with Gasteiger partial charge in [-0.1, -0.05) is 0 Å². The molecule has 0 aliphatic carbocycles.